The molecular weight excluding hydrogens is 537 g/mol. The Kier molecular flexibility index (Phi) is 7.52. The highest BCUT2D eigenvalue weighted by Crippen LogP contribution is 2.35. The summed E-state index contributed by atoms with van der Waals surface area (Å²) in [7, 11) is 0. The van der Waals surface area contributed by atoms with Crippen molar-refractivity contribution in [2.45, 2.75) is 44.8 Å². The van der Waals surface area contributed by atoms with Gasteiger partial charge in [0.25, 0.3) is 5.91 Å². The number of benzene rings is 1. The molecule has 1 saturated heterocycles. The normalized spacial score (nSPS) is 17.4. The molecule has 4 N–H and O–H groups in total. The third-order valence-electron chi connectivity index (χ3n) is 7.20. The van der Waals surface area contributed by atoms with Crippen molar-refractivity contribution >= 4 is 29.1 Å². The molecule has 4 heterocycles. The van der Waals surface area contributed by atoms with Crippen LogP contribution >= 0.6 is 0 Å². The van der Waals surface area contributed by atoms with E-state index in [1.165, 1.54) is 0 Å². The summed E-state index contributed by atoms with van der Waals surface area (Å²) in [5.41, 5.74) is 7.45. The highest BCUT2D eigenvalue weighted by Gasteiger charge is 2.33. The number of piperidine rings is 1. The Balaban J connectivity index is 1.42. The van der Waals surface area contributed by atoms with Crippen LogP contribution < -0.4 is 16.4 Å². The Morgan fingerprint density at radius 1 is 1.10 bits per heavy atom. The Morgan fingerprint density at radius 2 is 1.85 bits per heavy atom. The van der Waals surface area contributed by atoms with E-state index in [0.717, 1.165) is 37.0 Å². The van der Waals surface area contributed by atoms with Gasteiger partial charge in [-0.25, -0.2) is 19.7 Å². The Morgan fingerprint density at radius 3 is 2.56 bits per heavy atom. The maximum absolute atomic E-state index is 13.0. The summed E-state index contributed by atoms with van der Waals surface area (Å²) < 4.78 is 40.9. The molecule has 3 aromatic heterocycles. The van der Waals surface area contributed by atoms with Crippen molar-refractivity contribution in [3.05, 3.63) is 71.9 Å². The Bertz CT molecular complexity index is 1590. The van der Waals surface area contributed by atoms with Gasteiger partial charge in [-0.15, -0.1) is 0 Å². The lowest BCUT2D eigenvalue weighted by molar-refractivity contribution is -0.137. The molecule has 2 atom stereocenters. The lowest BCUT2D eigenvalue weighted by Gasteiger charge is -2.37. The summed E-state index contributed by atoms with van der Waals surface area (Å²) in [5, 5.41) is 5.28. The number of anilines is 2. The molecule has 10 nitrogen and oxygen atoms in total. The summed E-state index contributed by atoms with van der Waals surface area (Å²) in [4.78, 5) is 40.2. The molecule has 5 rings (SSSR count). The quantitative estimate of drug-likeness (QED) is 0.314. The average molecular weight is 567 g/mol. The zero-order valence-corrected chi connectivity index (χ0v) is 22.4. The zero-order chi connectivity index (χ0) is 29.3. The van der Waals surface area contributed by atoms with Crippen molar-refractivity contribution in [2.75, 3.05) is 24.1 Å². The summed E-state index contributed by atoms with van der Waals surface area (Å²) in [6.07, 6.45) is 1.47. The van der Waals surface area contributed by atoms with Crippen LogP contribution in [0.2, 0.25) is 0 Å². The number of hydrogen-bond acceptors (Lipinski definition) is 6. The first-order valence-corrected chi connectivity index (χ1v) is 13.2. The Labute approximate surface area is 233 Å². The molecule has 0 aliphatic carbocycles. The van der Waals surface area contributed by atoms with Crippen LogP contribution in [-0.4, -0.2) is 55.3 Å². The molecule has 0 bridgehead atoms. The number of pyridine rings is 1. The Hall–Kier alpha value is -4.68. The third-order valence-corrected chi connectivity index (χ3v) is 7.20. The predicted octanol–water partition coefficient (Wildman–Crippen LogP) is 4.94. The fraction of sp³-hybridized carbons (Fsp3) is 0.321. The summed E-state index contributed by atoms with van der Waals surface area (Å²) in [6, 6.07) is 8.08. The van der Waals surface area contributed by atoms with E-state index in [2.05, 4.69) is 20.6 Å². The van der Waals surface area contributed by atoms with Crippen molar-refractivity contribution in [3.8, 4) is 11.3 Å². The number of aromatic nitrogens is 4. The largest absolute Gasteiger partial charge is 0.416 e. The molecule has 1 aromatic carbocycles. The number of fused-ring (bicyclic) bond motifs is 1. The van der Waals surface area contributed by atoms with Crippen LogP contribution in [0.4, 0.5) is 29.6 Å². The van der Waals surface area contributed by atoms with E-state index in [1.54, 1.807) is 36.7 Å². The number of carbonyl (C=O) groups excluding carboxylic acids is 2. The number of likely N-dealkylation sites (tertiary alicyclic amines) is 1. The topological polar surface area (TPSA) is 131 Å². The standard InChI is InChI=1S/C28H29F3N8O2/c1-3-33-27(41)39-15-19(5-4-16(39)2)25-37-22(23-24(32)35-12-13-38(23)25)17-6-8-18(9-7-17)26(40)36-21-14-20(10-11-34-21)28(29,30)31/h6-14,16,19H,3-5,15H2,1-2H3,(H2,32,35)(H,33,41)(H,34,36,40)/t16-,19+/m1/s1. The fourth-order valence-corrected chi connectivity index (χ4v) is 5.07. The molecule has 13 heteroatoms. The number of urea groups is 1. The highest BCUT2D eigenvalue weighted by molar-refractivity contribution is 6.04. The molecular formula is C28H29F3N8O2. The van der Waals surface area contributed by atoms with Crippen molar-refractivity contribution in [1.82, 2.24) is 29.6 Å². The van der Waals surface area contributed by atoms with E-state index >= 15 is 0 Å². The van der Waals surface area contributed by atoms with Crippen molar-refractivity contribution in [3.63, 3.8) is 0 Å². The lowest BCUT2D eigenvalue weighted by atomic mass is 9.93. The van der Waals surface area contributed by atoms with Crippen LogP contribution in [0.3, 0.4) is 0 Å². The predicted molar refractivity (Wildman–Crippen MR) is 147 cm³/mol. The number of imidazole rings is 1. The van der Waals surface area contributed by atoms with Gasteiger partial charge in [-0.05, 0) is 51.0 Å². The monoisotopic (exact) mass is 566 g/mol. The summed E-state index contributed by atoms with van der Waals surface area (Å²) in [5.74, 6) is 0.177. The molecule has 3 amide bonds. The summed E-state index contributed by atoms with van der Waals surface area (Å²) in [6.45, 7) is 4.95. The summed E-state index contributed by atoms with van der Waals surface area (Å²) >= 11 is 0. The molecule has 0 unspecified atom stereocenters. The minimum atomic E-state index is -4.55. The number of amides is 3. The molecule has 1 aliphatic rings. The average Bonchev–Trinajstić information content (AvgIpc) is 3.34. The van der Waals surface area contributed by atoms with Crippen molar-refractivity contribution in [2.24, 2.45) is 0 Å². The molecule has 1 fully saturated rings. The van der Waals surface area contributed by atoms with E-state index in [-0.39, 0.29) is 35.2 Å². The van der Waals surface area contributed by atoms with Gasteiger partial charge in [-0.3, -0.25) is 9.20 Å². The third kappa shape index (κ3) is 5.65. The second-order valence-electron chi connectivity index (χ2n) is 9.92. The number of nitrogens with one attached hydrogen (secondary N) is 2. The number of nitrogens with zero attached hydrogens (tertiary/aromatic N) is 5. The molecule has 1 aliphatic heterocycles. The lowest BCUT2D eigenvalue weighted by Crippen LogP contribution is -2.49. The number of rotatable bonds is 5. The SMILES string of the molecule is CCNC(=O)N1C[C@@H](c2nc(-c3ccc(C(=O)Nc4cc(C(F)(F)F)ccn4)cc3)c3c(N)nccn23)CC[C@H]1C. The van der Waals surface area contributed by atoms with Crippen LogP contribution in [0.1, 0.15) is 54.4 Å². The van der Waals surface area contributed by atoms with Crippen LogP contribution in [0.5, 0.6) is 0 Å². The van der Waals surface area contributed by atoms with E-state index in [9.17, 15) is 22.8 Å². The van der Waals surface area contributed by atoms with Crippen LogP contribution in [-0.2, 0) is 6.18 Å². The van der Waals surface area contributed by atoms with Gasteiger partial charge < -0.3 is 21.3 Å². The van der Waals surface area contributed by atoms with Gasteiger partial charge in [-0.2, -0.15) is 13.2 Å². The van der Waals surface area contributed by atoms with Gasteiger partial charge in [0.1, 0.15) is 28.7 Å². The van der Waals surface area contributed by atoms with Crippen molar-refractivity contribution in [1.29, 1.82) is 0 Å². The van der Waals surface area contributed by atoms with E-state index in [1.807, 2.05) is 23.1 Å². The smallest absolute Gasteiger partial charge is 0.382 e. The van der Waals surface area contributed by atoms with E-state index in [0.29, 0.717) is 29.9 Å². The molecule has 214 valence electrons. The molecule has 41 heavy (non-hydrogen) atoms. The second-order valence-corrected chi connectivity index (χ2v) is 9.92. The maximum Gasteiger partial charge on any atom is 0.416 e. The van der Waals surface area contributed by atoms with Gasteiger partial charge in [0.05, 0.1) is 5.56 Å². The van der Waals surface area contributed by atoms with Crippen molar-refractivity contribution < 1.29 is 22.8 Å². The zero-order valence-electron chi connectivity index (χ0n) is 22.4. The number of nitrogens with two attached hydrogens (primary N) is 1. The van der Waals surface area contributed by atoms with E-state index in [4.69, 9.17) is 10.7 Å². The highest BCUT2D eigenvalue weighted by atomic mass is 19.4. The first-order chi connectivity index (χ1) is 19.6. The number of nitrogen functional groups attached to an aromatic ring is 1. The van der Waals surface area contributed by atoms with Gasteiger partial charge in [0, 0.05) is 54.8 Å². The van der Waals surface area contributed by atoms with Gasteiger partial charge >= 0.3 is 12.2 Å². The second kappa shape index (κ2) is 11.1. The molecule has 0 saturated carbocycles. The first kappa shape index (κ1) is 27.9. The van der Waals surface area contributed by atoms with Gasteiger partial charge in [0.2, 0.25) is 0 Å². The van der Waals surface area contributed by atoms with Crippen LogP contribution in [0.15, 0.2) is 55.0 Å². The van der Waals surface area contributed by atoms with Crippen LogP contribution in [0, 0.1) is 0 Å². The maximum atomic E-state index is 13.0. The minimum absolute atomic E-state index is 0.0399. The van der Waals surface area contributed by atoms with Gasteiger partial charge in [0.15, 0.2) is 0 Å². The molecule has 4 aromatic rings. The van der Waals surface area contributed by atoms with Gasteiger partial charge in [-0.1, -0.05) is 12.1 Å². The number of halogens is 3. The number of hydrogen-bond donors (Lipinski definition) is 3. The fourth-order valence-electron chi connectivity index (χ4n) is 5.07. The first-order valence-electron chi connectivity index (χ1n) is 13.2. The van der Waals surface area contributed by atoms with E-state index < -0.39 is 17.6 Å². The van der Waals surface area contributed by atoms with Crippen LogP contribution in [0.25, 0.3) is 16.8 Å². The molecule has 0 radical (unpaired) electrons. The molecule has 0 spiro atoms. The minimum Gasteiger partial charge on any atom is -0.382 e. The number of carbonyl (C=O) groups is 2. The number of alkyl halides is 3.